The number of nitrogens with zero attached hydrogens (tertiary/aromatic N) is 4. The number of carboxylic acids is 1. The van der Waals surface area contributed by atoms with Gasteiger partial charge >= 0.3 is 5.97 Å². The molecule has 1 aromatic heterocycles. The Balaban J connectivity index is 1.47. The maximum Gasteiger partial charge on any atom is 0.303 e. The van der Waals surface area contributed by atoms with Crippen molar-refractivity contribution in [2.75, 3.05) is 31.1 Å². The lowest BCUT2D eigenvalue weighted by Crippen LogP contribution is -2.50. The molecular formula is C17H24N4O3. The van der Waals surface area contributed by atoms with E-state index < -0.39 is 5.97 Å². The highest BCUT2D eigenvalue weighted by atomic mass is 16.4. The highest BCUT2D eigenvalue weighted by molar-refractivity contribution is 5.79. The number of amides is 1. The van der Waals surface area contributed by atoms with Gasteiger partial charge in [-0.3, -0.25) is 9.59 Å². The van der Waals surface area contributed by atoms with E-state index in [0.717, 1.165) is 57.5 Å². The van der Waals surface area contributed by atoms with Crippen LogP contribution in [0.1, 0.15) is 32.1 Å². The predicted molar refractivity (Wildman–Crippen MR) is 88.5 cm³/mol. The van der Waals surface area contributed by atoms with Crippen molar-refractivity contribution in [3.05, 3.63) is 18.5 Å². The molecule has 2 fully saturated rings. The van der Waals surface area contributed by atoms with Gasteiger partial charge < -0.3 is 14.9 Å². The first-order valence-corrected chi connectivity index (χ1v) is 8.65. The highest BCUT2D eigenvalue weighted by Crippen LogP contribution is 2.32. The second-order valence-corrected chi connectivity index (χ2v) is 6.73. The summed E-state index contributed by atoms with van der Waals surface area (Å²) >= 11 is 0. The number of piperazine rings is 1. The molecule has 1 aromatic rings. The van der Waals surface area contributed by atoms with Crippen molar-refractivity contribution in [2.24, 2.45) is 11.8 Å². The monoisotopic (exact) mass is 332 g/mol. The third-order valence-electron chi connectivity index (χ3n) is 5.18. The molecule has 0 bridgehead atoms. The molecule has 0 atom stereocenters. The van der Waals surface area contributed by atoms with Gasteiger partial charge in [0.25, 0.3) is 0 Å². The Morgan fingerprint density at radius 3 is 2.38 bits per heavy atom. The molecule has 2 heterocycles. The fourth-order valence-corrected chi connectivity index (χ4v) is 3.77. The van der Waals surface area contributed by atoms with Crippen molar-refractivity contribution in [2.45, 2.75) is 32.1 Å². The van der Waals surface area contributed by atoms with Gasteiger partial charge in [-0.1, -0.05) is 0 Å². The summed E-state index contributed by atoms with van der Waals surface area (Å²) in [4.78, 5) is 27.7. The Labute approximate surface area is 141 Å². The number of carboxylic acid groups (broad SMARTS) is 1. The number of carbonyl (C=O) groups excluding carboxylic acids is 1. The molecule has 0 unspecified atom stereocenters. The van der Waals surface area contributed by atoms with Gasteiger partial charge in [0, 0.05) is 38.5 Å². The van der Waals surface area contributed by atoms with Gasteiger partial charge in [-0.2, -0.15) is 10.2 Å². The zero-order chi connectivity index (χ0) is 16.9. The smallest absolute Gasteiger partial charge is 0.303 e. The fraction of sp³-hybridized carbons (Fsp3) is 0.647. The van der Waals surface area contributed by atoms with E-state index in [1.807, 2.05) is 11.0 Å². The standard InChI is InChI=1S/C17H24N4O3/c22-16(23)11-13-1-3-14(4-2-13)17(24)21-9-7-20(8-10-21)15-5-6-18-19-12-15/h5-6,12-14H,1-4,7-11H2,(H,22,23). The number of rotatable bonds is 4. The Hall–Kier alpha value is -2.18. The van der Waals surface area contributed by atoms with E-state index in [9.17, 15) is 9.59 Å². The first-order chi connectivity index (χ1) is 11.6. The molecule has 3 rings (SSSR count). The van der Waals surface area contributed by atoms with Gasteiger partial charge in [-0.05, 0) is 37.7 Å². The molecule has 1 saturated carbocycles. The lowest BCUT2D eigenvalue weighted by molar-refractivity contribution is -0.139. The second kappa shape index (κ2) is 7.59. The van der Waals surface area contributed by atoms with Crippen LogP contribution in [0.3, 0.4) is 0 Å². The van der Waals surface area contributed by atoms with Gasteiger partial charge in [0.2, 0.25) is 5.91 Å². The summed E-state index contributed by atoms with van der Waals surface area (Å²) in [6.45, 7) is 3.09. The Kier molecular flexibility index (Phi) is 5.27. The minimum atomic E-state index is -0.730. The summed E-state index contributed by atoms with van der Waals surface area (Å²) < 4.78 is 0. The molecule has 0 radical (unpaired) electrons. The van der Waals surface area contributed by atoms with Crippen molar-refractivity contribution >= 4 is 17.6 Å². The van der Waals surface area contributed by atoms with Crippen LogP contribution in [-0.4, -0.2) is 58.3 Å². The molecule has 2 aliphatic rings. The summed E-state index contributed by atoms with van der Waals surface area (Å²) in [5.74, 6) is -0.172. The second-order valence-electron chi connectivity index (χ2n) is 6.73. The number of anilines is 1. The van der Waals surface area contributed by atoms with Crippen LogP contribution >= 0.6 is 0 Å². The Morgan fingerprint density at radius 2 is 1.79 bits per heavy atom. The van der Waals surface area contributed by atoms with E-state index in [1.165, 1.54) is 0 Å². The third-order valence-corrected chi connectivity index (χ3v) is 5.18. The van der Waals surface area contributed by atoms with Gasteiger partial charge in [0.05, 0.1) is 18.1 Å². The lowest BCUT2D eigenvalue weighted by atomic mass is 9.80. The summed E-state index contributed by atoms with van der Waals surface area (Å²) in [6.07, 6.45) is 7.02. The minimum Gasteiger partial charge on any atom is -0.481 e. The number of hydrogen-bond acceptors (Lipinski definition) is 5. The number of hydrogen-bond donors (Lipinski definition) is 1. The largest absolute Gasteiger partial charge is 0.481 e. The van der Waals surface area contributed by atoms with Gasteiger partial charge in [-0.15, -0.1) is 0 Å². The Morgan fingerprint density at radius 1 is 1.08 bits per heavy atom. The van der Waals surface area contributed by atoms with Gasteiger partial charge in [0.15, 0.2) is 0 Å². The summed E-state index contributed by atoms with van der Waals surface area (Å²) in [6, 6.07) is 1.94. The van der Waals surface area contributed by atoms with Crippen molar-refractivity contribution in [3.63, 3.8) is 0 Å². The number of carbonyl (C=O) groups is 2. The lowest BCUT2D eigenvalue weighted by Gasteiger charge is -2.38. The molecule has 7 heteroatoms. The van der Waals surface area contributed by atoms with E-state index in [2.05, 4.69) is 15.1 Å². The third kappa shape index (κ3) is 4.01. The molecule has 1 aliphatic heterocycles. The molecule has 0 spiro atoms. The van der Waals surface area contributed by atoms with Crippen molar-refractivity contribution in [3.8, 4) is 0 Å². The van der Waals surface area contributed by atoms with Crippen LogP contribution in [-0.2, 0) is 9.59 Å². The van der Waals surface area contributed by atoms with Gasteiger partial charge in [0.1, 0.15) is 0 Å². The van der Waals surface area contributed by atoms with Crippen molar-refractivity contribution < 1.29 is 14.7 Å². The van der Waals surface area contributed by atoms with Crippen LogP contribution in [0, 0.1) is 11.8 Å². The van der Waals surface area contributed by atoms with E-state index in [4.69, 9.17) is 5.11 Å². The fourth-order valence-electron chi connectivity index (χ4n) is 3.77. The quantitative estimate of drug-likeness (QED) is 0.897. The zero-order valence-corrected chi connectivity index (χ0v) is 13.8. The summed E-state index contributed by atoms with van der Waals surface area (Å²) in [5.41, 5.74) is 1.05. The maximum absolute atomic E-state index is 12.7. The first-order valence-electron chi connectivity index (χ1n) is 8.65. The summed E-state index contributed by atoms with van der Waals surface area (Å²) in [5, 5.41) is 16.6. The van der Waals surface area contributed by atoms with Crippen LogP contribution < -0.4 is 4.90 Å². The predicted octanol–water partition coefficient (Wildman–Crippen LogP) is 1.41. The van der Waals surface area contributed by atoms with Crippen molar-refractivity contribution in [1.82, 2.24) is 15.1 Å². The van der Waals surface area contributed by atoms with E-state index in [1.54, 1.807) is 12.4 Å². The van der Waals surface area contributed by atoms with Crippen LogP contribution in [0.5, 0.6) is 0 Å². The Bertz CT molecular complexity index is 564. The SMILES string of the molecule is O=C(O)CC1CCC(C(=O)N2CCN(c3ccnnc3)CC2)CC1. The van der Waals surface area contributed by atoms with Crippen LogP contribution in [0.15, 0.2) is 18.5 Å². The molecule has 1 amide bonds. The van der Waals surface area contributed by atoms with Crippen LogP contribution in [0.25, 0.3) is 0 Å². The topological polar surface area (TPSA) is 86.6 Å². The molecule has 1 saturated heterocycles. The molecule has 24 heavy (non-hydrogen) atoms. The maximum atomic E-state index is 12.7. The summed E-state index contributed by atoms with van der Waals surface area (Å²) in [7, 11) is 0. The molecule has 0 aromatic carbocycles. The van der Waals surface area contributed by atoms with Gasteiger partial charge in [-0.25, -0.2) is 0 Å². The zero-order valence-electron chi connectivity index (χ0n) is 13.8. The number of aromatic nitrogens is 2. The number of aliphatic carboxylic acids is 1. The minimum absolute atomic E-state index is 0.0733. The average molecular weight is 332 g/mol. The van der Waals surface area contributed by atoms with E-state index in [-0.39, 0.29) is 24.2 Å². The average Bonchev–Trinajstić information content (AvgIpc) is 2.62. The molecule has 130 valence electrons. The van der Waals surface area contributed by atoms with Crippen LogP contribution in [0.4, 0.5) is 5.69 Å². The van der Waals surface area contributed by atoms with E-state index >= 15 is 0 Å². The highest BCUT2D eigenvalue weighted by Gasteiger charge is 2.31. The van der Waals surface area contributed by atoms with E-state index in [0.29, 0.717) is 0 Å². The van der Waals surface area contributed by atoms with Crippen molar-refractivity contribution in [1.29, 1.82) is 0 Å². The molecular weight excluding hydrogens is 308 g/mol. The molecule has 1 aliphatic carbocycles. The normalized spacial score (nSPS) is 24.7. The first kappa shape index (κ1) is 16.7. The molecule has 1 N–H and O–H groups in total. The molecule has 7 nitrogen and oxygen atoms in total. The van der Waals surface area contributed by atoms with Crippen LogP contribution in [0.2, 0.25) is 0 Å².